The van der Waals surface area contributed by atoms with Crippen LogP contribution in [-0.2, 0) is 11.2 Å². The van der Waals surface area contributed by atoms with E-state index < -0.39 is 11.7 Å². The fourth-order valence-corrected chi connectivity index (χ4v) is 1.64. The molecule has 0 fully saturated rings. The topological polar surface area (TPSA) is 29.5 Å². The first kappa shape index (κ1) is 14.2. The molecule has 17 heavy (non-hydrogen) atoms. The van der Waals surface area contributed by atoms with Crippen molar-refractivity contribution in [2.75, 3.05) is 7.11 Å². The predicted octanol–water partition coefficient (Wildman–Crippen LogP) is 3.14. The lowest BCUT2D eigenvalue weighted by Gasteiger charge is -2.29. The first-order valence-electron chi connectivity index (χ1n) is 6.19. The Balaban J connectivity index is 2.69. The Labute approximate surface area is 105 Å². The van der Waals surface area contributed by atoms with Crippen molar-refractivity contribution in [1.29, 1.82) is 0 Å². The van der Waals surface area contributed by atoms with Crippen molar-refractivity contribution in [3.63, 3.8) is 0 Å². The second kappa shape index (κ2) is 5.65. The molecule has 1 atom stereocenters. The molecule has 0 aliphatic rings. The molecule has 1 N–H and O–H groups in total. The zero-order valence-electron chi connectivity index (χ0n) is 11.5. The first-order chi connectivity index (χ1) is 7.86. The largest absolute Gasteiger partial charge is 0.390 e. The molecule has 1 aromatic carbocycles. The molecule has 0 aliphatic heterocycles. The first-order valence-corrected chi connectivity index (χ1v) is 6.19. The van der Waals surface area contributed by atoms with Crippen LogP contribution in [0.1, 0.15) is 44.7 Å². The fourth-order valence-electron chi connectivity index (χ4n) is 1.64. The maximum atomic E-state index is 10.1. The highest BCUT2D eigenvalue weighted by Crippen LogP contribution is 2.20. The van der Waals surface area contributed by atoms with Crippen LogP contribution in [0.2, 0.25) is 0 Å². The van der Waals surface area contributed by atoms with Gasteiger partial charge in [-0.15, -0.1) is 0 Å². The van der Waals surface area contributed by atoms with Crippen LogP contribution in [0.3, 0.4) is 0 Å². The van der Waals surface area contributed by atoms with Crippen molar-refractivity contribution in [2.45, 2.75) is 51.7 Å². The van der Waals surface area contributed by atoms with Crippen LogP contribution < -0.4 is 0 Å². The van der Waals surface area contributed by atoms with Gasteiger partial charge < -0.3 is 9.84 Å². The van der Waals surface area contributed by atoms with E-state index in [4.69, 9.17) is 4.74 Å². The zero-order chi connectivity index (χ0) is 13.1. The number of methoxy groups -OCH3 is 1. The molecule has 0 aromatic heterocycles. The van der Waals surface area contributed by atoms with Crippen molar-refractivity contribution < 1.29 is 9.84 Å². The summed E-state index contributed by atoms with van der Waals surface area (Å²) in [6.45, 7) is 8.16. The number of hydrogen-bond acceptors (Lipinski definition) is 2. The van der Waals surface area contributed by atoms with Gasteiger partial charge >= 0.3 is 0 Å². The molecule has 0 saturated carbocycles. The summed E-state index contributed by atoms with van der Waals surface area (Å²) < 4.78 is 5.28. The van der Waals surface area contributed by atoms with Crippen molar-refractivity contribution >= 4 is 0 Å². The van der Waals surface area contributed by atoms with Gasteiger partial charge in [-0.3, -0.25) is 0 Å². The molecule has 0 heterocycles. The van der Waals surface area contributed by atoms with E-state index in [0.29, 0.717) is 12.3 Å². The summed E-state index contributed by atoms with van der Waals surface area (Å²) in [7, 11) is 1.63. The van der Waals surface area contributed by atoms with E-state index in [1.165, 1.54) is 5.56 Å². The third kappa shape index (κ3) is 3.83. The average Bonchev–Trinajstić information content (AvgIpc) is 2.29. The van der Waals surface area contributed by atoms with Crippen LogP contribution >= 0.6 is 0 Å². The number of ether oxygens (including phenoxy) is 1. The minimum absolute atomic E-state index is 0.489. The molecule has 0 radical (unpaired) electrons. The van der Waals surface area contributed by atoms with Crippen LogP contribution in [0.5, 0.6) is 0 Å². The summed E-state index contributed by atoms with van der Waals surface area (Å²) in [5.41, 5.74) is 1.97. The highest BCUT2D eigenvalue weighted by Gasteiger charge is 2.27. The van der Waals surface area contributed by atoms with Gasteiger partial charge in [-0.05, 0) is 30.9 Å². The summed E-state index contributed by atoms with van der Waals surface area (Å²) >= 11 is 0. The maximum Gasteiger partial charge on any atom is 0.0883 e. The van der Waals surface area contributed by atoms with Gasteiger partial charge in [0.05, 0.1) is 11.7 Å². The van der Waals surface area contributed by atoms with E-state index in [1.54, 1.807) is 7.11 Å². The molecule has 2 heteroatoms. The summed E-state index contributed by atoms with van der Waals surface area (Å²) in [4.78, 5) is 0. The Bertz CT molecular complexity index is 338. The molecule has 0 spiro atoms. The van der Waals surface area contributed by atoms with Crippen LogP contribution in [0, 0.1) is 0 Å². The highest BCUT2D eigenvalue weighted by molar-refractivity contribution is 5.25. The molecular weight excluding hydrogens is 212 g/mol. The van der Waals surface area contributed by atoms with Gasteiger partial charge in [0.1, 0.15) is 0 Å². The van der Waals surface area contributed by atoms with Crippen LogP contribution in [-0.4, -0.2) is 23.9 Å². The SMILES string of the molecule is COC(C)(C)C(O)Cc1ccc(C(C)C)cc1. The number of hydrogen-bond donors (Lipinski definition) is 1. The van der Waals surface area contributed by atoms with Crippen molar-refractivity contribution in [3.05, 3.63) is 35.4 Å². The summed E-state index contributed by atoms with van der Waals surface area (Å²) in [6, 6.07) is 8.44. The van der Waals surface area contributed by atoms with Gasteiger partial charge in [-0.25, -0.2) is 0 Å². The molecule has 0 amide bonds. The van der Waals surface area contributed by atoms with Crippen LogP contribution in [0.25, 0.3) is 0 Å². The second-order valence-corrected chi connectivity index (χ2v) is 5.42. The lowest BCUT2D eigenvalue weighted by Crippen LogP contribution is -2.39. The molecule has 1 unspecified atom stereocenters. The fraction of sp³-hybridized carbons (Fsp3) is 0.600. The second-order valence-electron chi connectivity index (χ2n) is 5.42. The van der Waals surface area contributed by atoms with Crippen molar-refractivity contribution in [1.82, 2.24) is 0 Å². The smallest absolute Gasteiger partial charge is 0.0883 e. The number of aliphatic hydroxyl groups is 1. The Morgan fingerprint density at radius 1 is 1.18 bits per heavy atom. The van der Waals surface area contributed by atoms with E-state index in [2.05, 4.69) is 38.1 Å². The van der Waals surface area contributed by atoms with Gasteiger partial charge in [0.2, 0.25) is 0 Å². The Kier molecular flexibility index (Phi) is 4.72. The summed E-state index contributed by atoms with van der Waals surface area (Å²) in [5, 5.41) is 10.1. The highest BCUT2D eigenvalue weighted by atomic mass is 16.5. The van der Waals surface area contributed by atoms with Gasteiger partial charge in [0, 0.05) is 13.5 Å². The summed E-state index contributed by atoms with van der Waals surface area (Å²) in [6.07, 6.45) is 0.136. The van der Waals surface area contributed by atoms with Crippen molar-refractivity contribution in [3.8, 4) is 0 Å². The monoisotopic (exact) mass is 236 g/mol. The van der Waals surface area contributed by atoms with Gasteiger partial charge in [-0.1, -0.05) is 38.1 Å². The maximum absolute atomic E-state index is 10.1. The molecule has 0 bridgehead atoms. The van der Waals surface area contributed by atoms with E-state index >= 15 is 0 Å². The van der Waals surface area contributed by atoms with Gasteiger partial charge in [0.25, 0.3) is 0 Å². The molecule has 96 valence electrons. The normalized spacial score (nSPS) is 14.1. The molecule has 0 aliphatic carbocycles. The number of aliphatic hydroxyl groups excluding tert-OH is 1. The third-order valence-electron chi connectivity index (χ3n) is 3.40. The lowest BCUT2D eigenvalue weighted by atomic mass is 9.93. The summed E-state index contributed by atoms with van der Waals surface area (Å²) in [5.74, 6) is 0.546. The Hall–Kier alpha value is -0.860. The average molecular weight is 236 g/mol. The number of rotatable bonds is 5. The Morgan fingerprint density at radius 2 is 1.71 bits per heavy atom. The third-order valence-corrected chi connectivity index (χ3v) is 3.40. The van der Waals surface area contributed by atoms with Gasteiger partial charge in [-0.2, -0.15) is 0 Å². The predicted molar refractivity (Wildman–Crippen MR) is 71.3 cm³/mol. The molecular formula is C15H24O2. The minimum atomic E-state index is -0.503. The van der Waals surface area contributed by atoms with E-state index in [0.717, 1.165) is 5.56 Å². The van der Waals surface area contributed by atoms with Crippen LogP contribution in [0.4, 0.5) is 0 Å². The minimum Gasteiger partial charge on any atom is -0.390 e. The van der Waals surface area contributed by atoms with E-state index in [1.807, 2.05) is 13.8 Å². The zero-order valence-corrected chi connectivity index (χ0v) is 11.5. The quantitative estimate of drug-likeness (QED) is 0.851. The van der Waals surface area contributed by atoms with E-state index in [-0.39, 0.29) is 0 Å². The van der Waals surface area contributed by atoms with Gasteiger partial charge in [0.15, 0.2) is 0 Å². The van der Waals surface area contributed by atoms with Crippen LogP contribution in [0.15, 0.2) is 24.3 Å². The molecule has 2 nitrogen and oxygen atoms in total. The standard InChI is InChI=1S/C15H24O2/c1-11(2)13-8-6-12(7-9-13)10-14(16)15(3,4)17-5/h6-9,11,14,16H,10H2,1-5H3. The van der Waals surface area contributed by atoms with Crippen molar-refractivity contribution in [2.24, 2.45) is 0 Å². The molecule has 0 saturated heterocycles. The lowest BCUT2D eigenvalue weighted by molar-refractivity contribution is -0.0764. The van der Waals surface area contributed by atoms with E-state index in [9.17, 15) is 5.11 Å². The Morgan fingerprint density at radius 3 is 2.12 bits per heavy atom. The molecule has 1 aromatic rings. The molecule has 1 rings (SSSR count). The number of benzene rings is 1.